The van der Waals surface area contributed by atoms with E-state index in [9.17, 15) is 5.11 Å². The number of nitriles is 1. The minimum absolute atomic E-state index is 0.0245. The van der Waals surface area contributed by atoms with Crippen molar-refractivity contribution < 1.29 is 5.11 Å². The molecular weight excluding hydrogens is 152 g/mol. The SMILES string of the molecule is CC(C)(O)CN1CCCC1C#N. The van der Waals surface area contributed by atoms with Gasteiger partial charge < -0.3 is 5.11 Å². The van der Waals surface area contributed by atoms with Crippen LogP contribution < -0.4 is 0 Å². The third kappa shape index (κ3) is 2.47. The van der Waals surface area contributed by atoms with Crippen molar-refractivity contribution in [3.8, 4) is 6.07 Å². The molecule has 0 spiro atoms. The van der Waals surface area contributed by atoms with Crippen LogP contribution in [0.5, 0.6) is 0 Å². The zero-order valence-corrected chi connectivity index (χ0v) is 7.75. The molecule has 1 aliphatic heterocycles. The van der Waals surface area contributed by atoms with Gasteiger partial charge in [0.1, 0.15) is 0 Å². The second-order valence-electron chi connectivity index (χ2n) is 4.07. The normalized spacial score (nSPS) is 25.7. The van der Waals surface area contributed by atoms with E-state index < -0.39 is 5.60 Å². The molecule has 3 heteroatoms. The van der Waals surface area contributed by atoms with Crippen LogP contribution in [0.25, 0.3) is 0 Å². The van der Waals surface area contributed by atoms with E-state index >= 15 is 0 Å². The van der Waals surface area contributed by atoms with Gasteiger partial charge in [0.15, 0.2) is 0 Å². The van der Waals surface area contributed by atoms with Crippen LogP contribution in [0.15, 0.2) is 0 Å². The number of hydrogen-bond acceptors (Lipinski definition) is 3. The third-order valence-electron chi connectivity index (χ3n) is 2.10. The molecule has 0 amide bonds. The summed E-state index contributed by atoms with van der Waals surface area (Å²) in [4.78, 5) is 2.06. The Balaban J connectivity index is 2.48. The summed E-state index contributed by atoms with van der Waals surface area (Å²) < 4.78 is 0. The van der Waals surface area contributed by atoms with E-state index in [4.69, 9.17) is 5.26 Å². The highest BCUT2D eigenvalue weighted by molar-refractivity contribution is 4.97. The summed E-state index contributed by atoms with van der Waals surface area (Å²) in [6, 6.07) is 2.28. The summed E-state index contributed by atoms with van der Waals surface area (Å²) in [5, 5.41) is 18.3. The molecule has 1 aliphatic rings. The molecule has 0 aliphatic carbocycles. The Morgan fingerprint density at radius 3 is 2.83 bits per heavy atom. The highest BCUT2D eigenvalue weighted by atomic mass is 16.3. The van der Waals surface area contributed by atoms with Crippen LogP contribution in [0.4, 0.5) is 0 Å². The molecule has 12 heavy (non-hydrogen) atoms. The van der Waals surface area contributed by atoms with E-state index in [0.29, 0.717) is 6.54 Å². The molecule has 1 rings (SSSR count). The van der Waals surface area contributed by atoms with E-state index in [0.717, 1.165) is 19.4 Å². The fraction of sp³-hybridized carbons (Fsp3) is 0.889. The van der Waals surface area contributed by atoms with Crippen molar-refractivity contribution in [2.45, 2.75) is 38.3 Å². The first-order valence-corrected chi connectivity index (χ1v) is 4.39. The average molecular weight is 168 g/mol. The zero-order chi connectivity index (χ0) is 9.19. The van der Waals surface area contributed by atoms with Gasteiger partial charge in [-0.15, -0.1) is 0 Å². The van der Waals surface area contributed by atoms with Crippen molar-refractivity contribution in [1.82, 2.24) is 4.90 Å². The third-order valence-corrected chi connectivity index (χ3v) is 2.10. The Labute approximate surface area is 73.6 Å². The van der Waals surface area contributed by atoms with Gasteiger partial charge in [-0.3, -0.25) is 4.90 Å². The fourth-order valence-electron chi connectivity index (χ4n) is 1.66. The van der Waals surface area contributed by atoms with Crippen molar-refractivity contribution in [2.24, 2.45) is 0 Å². The molecule has 1 unspecified atom stereocenters. The van der Waals surface area contributed by atoms with Gasteiger partial charge in [0.05, 0.1) is 17.7 Å². The van der Waals surface area contributed by atoms with Crippen LogP contribution in [0.3, 0.4) is 0 Å². The lowest BCUT2D eigenvalue weighted by atomic mass is 10.1. The van der Waals surface area contributed by atoms with Crippen LogP contribution in [0, 0.1) is 11.3 Å². The Morgan fingerprint density at radius 1 is 1.67 bits per heavy atom. The van der Waals surface area contributed by atoms with Crippen molar-refractivity contribution in [2.75, 3.05) is 13.1 Å². The minimum atomic E-state index is -0.681. The lowest BCUT2D eigenvalue weighted by molar-refractivity contribution is 0.0378. The molecule has 1 atom stereocenters. The van der Waals surface area contributed by atoms with Gasteiger partial charge in [-0.05, 0) is 33.2 Å². The summed E-state index contributed by atoms with van der Waals surface area (Å²) in [5.41, 5.74) is -0.681. The van der Waals surface area contributed by atoms with E-state index in [2.05, 4.69) is 11.0 Å². The number of rotatable bonds is 2. The van der Waals surface area contributed by atoms with E-state index in [1.807, 2.05) is 0 Å². The van der Waals surface area contributed by atoms with Crippen LogP contribution >= 0.6 is 0 Å². The second-order valence-corrected chi connectivity index (χ2v) is 4.07. The number of nitrogens with zero attached hydrogens (tertiary/aromatic N) is 2. The second kappa shape index (κ2) is 3.42. The van der Waals surface area contributed by atoms with Crippen molar-refractivity contribution in [3.05, 3.63) is 0 Å². The number of aliphatic hydroxyl groups is 1. The van der Waals surface area contributed by atoms with E-state index in [1.165, 1.54) is 0 Å². The first-order chi connectivity index (χ1) is 5.53. The van der Waals surface area contributed by atoms with Gasteiger partial charge in [-0.25, -0.2) is 0 Å². The first kappa shape index (κ1) is 9.50. The summed E-state index contributed by atoms with van der Waals surface area (Å²) >= 11 is 0. The molecule has 0 aromatic carbocycles. The van der Waals surface area contributed by atoms with E-state index in [1.54, 1.807) is 13.8 Å². The number of likely N-dealkylation sites (tertiary alicyclic amines) is 1. The average Bonchev–Trinajstić information content (AvgIpc) is 2.31. The Kier molecular flexibility index (Phi) is 2.71. The molecule has 1 heterocycles. The summed E-state index contributed by atoms with van der Waals surface area (Å²) in [6.45, 7) is 5.10. The minimum Gasteiger partial charge on any atom is -0.389 e. The standard InChI is InChI=1S/C9H16N2O/c1-9(2,12)7-11-5-3-4-8(11)6-10/h8,12H,3-5,7H2,1-2H3. The molecule has 1 saturated heterocycles. The predicted molar refractivity (Wildman–Crippen MR) is 46.5 cm³/mol. The zero-order valence-electron chi connectivity index (χ0n) is 7.75. The van der Waals surface area contributed by atoms with Crippen molar-refractivity contribution in [1.29, 1.82) is 5.26 Å². The molecule has 0 aromatic heterocycles. The molecule has 1 N–H and O–H groups in total. The van der Waals surface area contributed by atoms with Gasteiger partial charge in [-0.2, -0.15) is 5.26 Å². The Hall–Kier alpha value is -0.590. The van der Waals surface area contributed by atoms with E-state index in [-0.39, 0.29) is 6.04 Å². The quantitative estimate of drug-likeness (QED) is 0.661. The van der Waals surface area contributed by atoms with Crippen LogP contribution in [0.1, 0.15) is 26.7 Å². The maximum Gasteiger partial charge on any atom is 0.0979 e. The van der Waals surface area contributed by atoms with Crippen molar-refractivity contribution in [3.63, 3.8) is 0 Å². The summed E-state index contributed by atoms with van der Waals surface area (Å²) in [7, 11) is 0. The van der Waals surface area contributed by atoms with Crippen LogP contribution in [-0.2, 0) is 0 Å². The lowest BCUT2D eigenvalue weighted by Crippen LogP contribution is -2.40. The molecule has 0 bridgehead atoms. The van der Waals surface area contributed by atoms with Crippen LogP contribution in [-0.4, -0.2) is 34.7 Å². The largest absolute Gasteiger partial charge is 0.389 e. The highest BCUT2D eigenvalue weighted by Gasteiger charge is 2.28. The molecule has 3 nitrogen and oxygen atoms in total. The molecule has 0 saturated carbocycles. The monoisotopic (exact) mass is 168 g/mol. The summed E-state index contributed by atoms with van der Waals surface area (Å²) in [6.07, 6.45) is 2.03. The molecule has 68 valence electrons. The maximum atomic E-state index is 9.54. The first-order valence-electron chi connectivity index (χ1n) is 4.39. The Morgan fingerprint density at radius 2 is 2.33 bits per heavy atom. The highest BCUT2D eigenvalue weighted by Crippen LogP contribution is 2.18. The topological polar surface area (TPSA) is 47.3 Å². The molecule has 0 radical (unpaired) electrons. The van der Waals surface area contributed by atoms with Crippen LogP contribution in [0.2, 0.25) is 0 Å². The molecular formula is C9H16N2O. The molecule has 1 fully saturated rings. The lowest BCUT2D eigenvalue weighted by Gasteiger charge is -2.26. The van der Waals surface area contributed by atoms with Gasteiger partial charge in [0.2, 0.25) is 0 Å². The van der Waals surface area contributed by atoms with Gasteiger partial charge in [0, 0.05) is 6.54 Å². The molecule has 0 aromatic rings. The van der Waals surface area contributed by atoms with Crippen molar-refractivity contribution >= 4 is 0 Å². The maximum absolute atomic E-state index is 9.54. The Bertz CT molecular complexity index is 190. The smallest absolute Gasteiger partial charge is 0.0979 e. The van der Waals surface area contributed by atoms with Gasteiger partial charge >= 0.3 is 0 Å². The number of hydrogen-bond donors (Lipinski definition) is 1. The fourth-order valence-corrected chi connectivity index (χ4v) is 1.66. The van der Waals surface area contributed by atoms with Gasteiger partial charge in [-0.1, -0.05) is 0 Å². The summed E-state index contributed by atoms with van der Waals surface area (Å²) in [5.74, 6) is 0. The predicted octanol–water partition coefficient (Wildman–Crippen LogP) is 0.745. The van der Waals surface area contributed by atoms with Gasteiger partial charge in [0.25, 0.3) is 0 Å². The number of β-amino-alcohol motifs (C(OH)–C–C–N with tert-alkyl or cyclic N) is 1.